The lowest BCUT2D eigenvalue weighted by molar-refractivity contribution is 0.202. The van der Waals surface area contributed by atoms with Crippen LogP contribution in [0.3, 0.4) is 0 Å². The molecule has 0 aromatic carbocycles. The number of nitrogens with zero attached hydrogens (tertiary/aromatic N) is 2. The van der Waals surface area contributed by atoms with Gasteiger partial charge in [-0.1, -0.05) is 26.2 Å². The Morgan fingerprint density at radius 1 is 1.33 bits per heavy atom. The fraction of sp³-hybridized carbons (Fsp3) is 0.706. The molecule has 0 bridgehead atoms. The zero-order chi connectivity index (χ0) is 15.2. The minimum atomic E-state index is -0.312. The Labute approximate surface area is 127 Å². The lowest BCUT2D eigenvalue weighted by Gasteiger charge is -2.30. The Morgan fingerprint density at radius 3 is 2.67 bits per heavy atom. The minimum Gasteiger partial charge on any atom is -0.322 e. The lowest BCUT2D eigenvalue weighted by Crippen LogP contribution is -2.34. The lowest BCUT2D eigenvalue weighted by atomic mass is 9.88. The second-order valence-corrected chi connectivity index (χ2v) is 6.63. The molecule has 0 amide bonds. The molecule has 2 N–H and O–H groups in total. The quantitative estimate of drug-likeness (QED) is 0.874. The van der Waals surface area contributed by atoms with Gasteiger partial charge in [-0.05, 0) is 43.9 Å². The maximum atomic E-state index is 12.9. The first-order valence-electron chi connectivity index (χ1n) is 8.12. The van der Waals surface area contributed by atoms with Crippen molar-refractivity contribution in [1.82, 2.24) is 9.88 Å². The monoisotopic (exact) mass is 293 g/mol. The van der Waals surface area contributed by atoms with Crippen LogP contribution in [0, 0.1) is 17.7 Å². The molecule has 1 aromatic heterocycles. The van der Waals surface area contributed by atoms with Crippen LogP contribution in [0.4, 0.5) is 4.39 Å². The summed E-state index contributed by atoms with van der Waals surface area (Å²) in [5, 5.41) is 0. The summed E-state index contributed by atoms with van der Waals surface area (Å²) in [4.78, 5) is 6.50. The van der Waals surface area contributed by atoms with Crippen molar-refractivity contribution in [1.29, 1.82) is 0 Å². The van der Waals surface area contributed by atoms with Gasteiger partial charge in [-0.25, -0.2) is 4.39 Å². The summed E-state index contributed by atoms with van der Waals surface area (Å²) in [5.41, 5.74) is 7.03. The topological polar surface area (TPSA) is 42.1 Å². The van der Waals surface area contributed by atoms with Crippen molar-refractivity contribution in [3.8, 4) is 0 Å². The number of aromatic nitrogens is 1. The molecule has 1 aliphatic rings. The Morgan fingerprint density at radius 2 is 2.05 bits per heavy atom. The molecule has 0 saturated heterocycles. The van der Waals surface area contributed by atoms with Crippen LogP contribution in [0.1, 0.15) is 50.8 Å². The van der Waals surface area contributed by atoms with Gasteiger partial charge in [-0.15, -0.1) is 0 Å². The van der Waals surface area contributed by atoms with Gasteiger partial charge in [0.1, 0.15) is 5.82 Å². The largest absolute Gasteiger partial charge is 0.322 e. The van der Waals surface area contributed by atoms with Gasteiger partial charge in [-0.2, -0.15) is 0 Å². The third-order valence-electron chi connectivity index (χ3n) is 4.60. The molecule has 2 unspecified atom stereocenters. The summed E-state index contributed by atoms with van der Waals surface area (Å²) in [6.45, 7) is 4.26. The van der Waals surface area contributed by atoms with Crippen LogP contribution in [0.2, 0.25) is 0 Å². The van der Waals surface area contributed by atoms with E-state index in [-0.39, 0.29) is 11.9 Å². The molecular weight excluding hydrogens is 265 g/mol. The number of pyridine rings is 1. The molecule has 3 nitrogen and oxygen atoms in total. The Kier molecular flexibility index (Phi) is 6.12. The summed E-state index contributed by atoms with van der Waals surface area (Å²) in [6, 6.07) is 2.98. The first-order chi connectivity index (χ1) is 10.1. The standard InChI is InChI=1S/C17H28FN3/c1-13(17(19)16-9-8-15(18)10-20-16)11-21(2)12-14-6-4-3-5-7-14/h8-10,13-14,17H,3-7,11-12,19H2,1-2H3. The highest BCUT2D eigenvalue weighted by Gasteiger charge is 2.20. The van der Waals surface area contributed by atoms with Crippen LogP contribution < -0.4 is 5.73 Å². The fourth-order valence-electron chi connectivity index (χ4n) is 3.37. The van der Waals surface area contributed by atoms with Crippen molar-refractivity contribution in [2.45, 2.75) is 45.1 Å². The van der Waals surface area contributed by atoms with Crippen molar-refractivity contribution in [2.24, 2.45) is 17.6 Å². The molecule has 1 aromatic rings. The Balaban J connectivity index is 1.81. The number of rotatable bonds is 6. The van der Waals surface area contributed by atoms with E-state index in [0.29, 0.717) is 5.92 Å². The summed E-state index contributed by atoms with van der Waals surface area (Å²) in [6.07, 6.45) is 8.14. The zero-order valence-corrected chi connectivity index (χ0v) is 13.3. The zero-order valence-electron chi connectivity index (χ0n) is 13.3. The highest BCUT2D eigenvalue weighted by atomic mass is 19.1. The number of hydrogen-bond acceptors (Lipinski definition) is 3. The second-order valence-electron chi connectivity index (χ2n) is 6.63. The molecule has 2 atom stereocenters. The summed E-state index contributed by atoms with van der Waals surface area (Å²) < 4.78 is 12.9. The molecule has 1 saturated carbocycles. The van der Waals surface area contributed by atoms with Gasteiger partial charge >= 0.3 is 0 Å². The van der Waals surface area contributed by atoms with E-state index >= 15 is 0 Å². The smallest absolute Gasteiger partial charge is 0.141 e. The van der Waals surface area contributed by atoms with Gasteiger partial charge in [0.05, 0.1) is 17.9 Å². The van der Waals surface area contributed by atoms with Crippen molar-refractivity contribution >= 4 is 0 Å². The van der Waals surface area contributed by atoms with Gasteiger partial charge < -0.3 is 10.6 Å². The average molecular weight is 293 g/mol. The third kappa shape index (κ3) is 5.04. The molecule has 0 radical (unpaired) electrons. The summed E-state index contributed by atoms with van der Waals surface area (Å²) in [5.74, 6) is 0.834. The van der Waals surface area contributed by atoms with Crippen LogP contribution in [0.5, 0.6) is 0 Å². The molecule has 21 heavy (non-hydrogen) atoms. The summed E-state index contributed by atoms with van der Waals surface area (Å²) in [7, 11) is 2.18. The third-order valence-corrected chi connectivity index (χ3v) is 4.60. The van der Waals surface area contributed by atoms with E-state index in [1.165, 1.54) is 44.4 Å². The predicted molar refractivity (Wildman–Crippen MR) is 84.4 cm³/mol. The van der Waals surface area contributed by atoms with E-state index in [2.05, 4.69) is 23.9 Å². The van der Waals surface area contributed by atoms with Crippen molar-refractivity contribution < 1.29 is 4.39 Å². The molecular formula is C17H28FN3. The Hall–Kier alpha value is -1.00. The molecule has 118 valence electrons. The van der Waals surface area contributed by atoms with Crippen LogP contribution in [0.15, 0.2) is 18.3 Å². The fourth-order valence-corrected chi connectivity index (χ4v) is 3.37. The van der Waals surface area contributed by atoms with E-state index in [1.54, 1.807) is 6.07 Å². The van der Waals surface area contributed by atoms with E-state index in [4.69, 9.17) is 5.73 Å². The average Bonchev–Trinajstić information content (AvgIpc) is 2.48. The van der Waals surface area contributed by atoms with Gasteiger partial charge in [0.2, 0.25) is 0 Å². The van der Waals surface area contributed by atoms with E-state index in [0.717, 1.165) is 24.7 Å². The molecule has 1 aliphatic carbocycles. The minimum absolute atomic E-state index is 0.139. The van der Waals surface area contributed by atoms with Crippen LogP contribution in [-0.4, -0.2) is 30.0 Å². The first kappa shape index (κ1) is 16.4. The van der Waals surface area contributed by atoms with Gasteiger partial charge in [0.25, 0.3) is 0 Å². The van der Waals surface area contributed by atoms with E-state index in [1.807, 2.05) is 0 Å². The highest BCUT2D eigenvalue weighted by molar-refractivity contribution is 5.10. The molecule has 2 rings (SSSR count). The molecule has 0 aliphatic heterocycles. The normalized spacial score (nSPS) is 19.7. The number of hydrogen-bond donors (Lipinski definition) is 1. The van der Waals surface area contributed by atoms with Crippen molar-refractivity contribution in [3.63, 3.8) is 0 Å². The molecule has 1 heterocycles. The number of nitrogens with two attached hydrogens (primary N) is 1. The second kappa shape index (κ2) is 7.85. The van der Waals surface area contributed by atoms with Crippen molar-refractivity contribution in [3.05, 3.63) is 29.8 Å². The molecule has 0 spiro atoms. The van der Waals surface area contributed by atoms with Crippen LogP contribution >= 0.6 is 0 Å². The predicted octanol–water partition coefficient (Wildman–Crippen LogP) is 3.37. The Bertz CT molecular complexity index is 415. The molecule has 4 heteroatoms. The summed E-state index contributed by atoms with van der Waals surface area (Å²) >= 11 is 0. The van der Waals surface area contributed by atoms with Crippen LogP contribution in [-0.2, 0) is 0 Å². The van der Waals surface area contributed by atoms with E-state index in [9.17, 15) is 4.39 Å². The van der Waals surface area contributed by atoms with Gasteiger partial charge in [0.15, 0.2) is 0 Å². The SMILES string of the molecule is CC(CN(C)CC1CCCCC1)C(N)c1ccc(F)cn1. The van der Waals surface area contributed by atoms with Crippen molar-refractivity contribution in [2.75, 3.05) is 20.1 Å². The maximum Gasteiger partial charge on any atom is 0.141 e. The maximum absolute atomic E-state index is 12.9. The first-order valence-corrected chi connectivity index (χ1v) is 8.12. The number of halogens is 1. The highest BCUT2D eigenvalue weighted by Crippen LogP contribution is 2.25. The molecule has 1 fully saturated rings. The van der Waals surface area contributed by atoms with Gasteiger partial charge in [-0.3, -0.25) is 4.98 Å². The van der Waals surface area contributed by atoms with Crippen LogP contribution in [0.25, 0.3) is 0 Å². The van der Waals surface area contributed by atoms with Gasteiger partial charge in [0, 0.05) is 13.1 Å². The van der Waals surface area contributed by atoms with E-state index < -0.39 is 0 Å².